The molecule has 8 heteroatoms. The molecule has 0 atom stereocenters. The third-order valence-electron chi connectivity index (χ3n) is 1.77. The largest absolute Gasteiger partial charge is 0.409 e. The van der Waals surface area contributed by atoms with Crippen LogP contribution >= 0.6 is 11.8 Å². The predicted octanol–water partition coefficient (Wildman–Crippen LogP) is 0.445. The zero-order chi connectivity index (χ0) is 11.4. The fraction of sp³-hybridized carbons (Fsp3) is 0. The highest BCUT2D eigenvalue weighted by molar-refractivity contribution is 7.99. The van der Waals surface area contributed by atoms with Crippen molar-refractivity contribution in [2.24, 2.45) is 10.9 Å². The van der Waals surface area contributed by atoms with Crippen LogP contribution in [0.5, 0.6) is 0 Å². The predicted molar refractivity (Wildman–Crippen MR) is 57.3 cm³/mol. The van der Waals surface area contributed by atoms with Gasteiger partial charge >= 0.3 is 0 Å². The molecule has 2 aromatic rings. The molecule has 0 spiro atoms. The van der Waals surface area contributed by atoms with Crippen LogP contribution in [0.2, 0.25) is 0 Å². The number of aromatic nitrogens is 4. The van der Waals surface area contributed by atoms with Crippen LogP contribution in [0.15, 0.2) is 40.0 Å². The molecule has 0 amide bonds. The molecule has 7 nitrogen and oxygen atoms in total. The molecule has 0 aromatic carbocycles. The number of aromatic amines is 1. The highest BCUT2D eigenvalue weighted by atomic mass is 32.2. The lowest BCUT2D eigenvalue weighted by Crippen LogP contribution is -2.14. The van der Waals surface area contributed by atoms with Gasteiger partial charge in [0.15, 0.2) is 11.0 Å². The Bertz CT molecular complexity index is 497. The second-order valence-corrected chi connectivity index (χ2v) is 3.78. The summed E-state index contributed by atoms with van der Waals surface area (Å²) < 4.78 is 0. The molecule has 4 N–H and O–H groups in total. The van der Waals surface area contributed by atoms with Gasteiger partial charge < -0.3 is 10.9 Å². The second-order valence-electron chi connectivity index (χ2n) is 2.75. The third kappa shape index (κ3) is 2.11. The molecule has 2 rings (SSSR count). The van der Waals surface area contributed by atoms with Crippen molar-refractivity contribution in [1.82, 2.24) is 20.2 Å². The molecule has 0 radical (unpaired) electrons. The maximum Gasteiger partial charge on any atom is 0.188 e. The van der Waals surface area contributed by atoms with Gasteiger partial charge in [0.1, 0.15) is 6.33 Å². The first-order valence-corrected chi connectivity index (χ1v) is 5.08. The van der Waals surface area contributed by atoms with E-state index in [1.807, 2.05) is 0 Å². The summed E-state index contributed by atoms with van der Waals surface area (Å²) in [5.41, 5.74) is 6.13. The van der Waals surface area contributed by atoms with E-state index in [0.717, 1.165) is 4.90 Å². The molecule has 0 fully saturated rings. The van der Waals surface area contributed by atoms with E-state index in [0.29, 0.717) is 10.7 Å². The molecule has 2 aromatic heterocycles. The third-order valence-corrected chi connectivity index (χ3v) is 2.70. The minimum absolute atomic E-state index is 0.0319. The number of nitrogens with one attached hydrogen (secondary N) is 1. The maximum absolute atomic E-state index is 8.64. The lowest BCUT2D eigenvalue weighted by molar-refractivity contribution is 0.318. The van der Waals surface area contributed by atoms with Gasteiger partial charge in [0, 0.05) is 22.9 Å². The number of H-pyrrole nitrogens is 1. The first kappa shape index (κ1) is 10.4. The van der Waals surface area contributed by atoms with Crippen molar-refractivity contribution in [3.05, 3.63) is 30.4 Å². The maximum atomic E-state index is 8.64. The summed E-state index contributed by atoms with van der Waals surface area (Å²) in [5.74, 6) is 0.0319. The smallest absolute Gasteiger partial charge is 0.188 e. The van der Waals surface area contributed by atoms with Crippen LogP contribution in [0, 0.1) is 0 Å². The molecule has 0 unspecified atom stereocenters. The Morgan fingerprint density at radius 1 is 1.56 bits per heavy atom. The number of amidine groups is 1. The lowest BCUT2D eigenvalue weighted by atomic mass is 10.2. The lowest BCUT2D eigenvalue weighted by Gasteiger charge is -2.04. The Balaban J connectivity index is 2.34. The molecule has 0 aliphatic heterocycles. The topological polar surface area (TPSA) is 113 Å². The van der Waals surface area contributed by atoms with Crippen molar-refractivity contribution < 1.29 is 5.21 Å². The van der Waals surface area contributed by atoms with E-state index in [4.69, 9.17) is 10.9 Å². The van der Waals surface area contributed by atoms with E-state index >= 15 is 0 Å². The first-order valence-electron chi connectivity index (χ1n) is 4.26. The molecule has 0 saturated carbocycles. The van der Waals surface area contributed by atoms with Crippen molar-refractivity contribution in [2.45, 2.75) is 10.1 Å². The molecule has 0 saturated heterocycles. The van der Waals surface area contributed by atoms with Gasteiger partial charge in [-0.2, -0.15) is 5.10 Å². The number of hydrogen-bond acceptors (Lipinski definition) is 6. The average Bonchev–Trinajstić information content (AvgIpc) is 2.82. The van der Waals surface area contributed by atoms with Crippen molar-refractivity contribution in [1.29, 1.82) is 0 Å². The number of hydrogen-bond donors (Lipinski definition) is 3. The Morgan fingerprint density at radius 3 is 3.12 bits per heavy atom. The number of pyridine rings is 1. The summed E-state index contributed by atoms with van der Waals surface area (Å²) in [6.45, 7) is 0. The Morgan fingerprint density at radius 2 is 2.44 bits per heavy atom. The summed E-state index contributed by atoms with van der Waals surface area (Å²) >= 11 is 1.30. The SMILES string of the molecule is N/C(=N/O)c1ccncc1Sc1ncn[nH]1. The van der Waals surface area contributed by atoms with Crippen LogP contribution in [-0.2, 0) is 0 Å². The fourth-order valence-corrected chi connectivity index (χ4v) is 1.88. The van der Waals surface area contributed by atoms with Crippen LogP contribution in [-0.4, -0.2) is 31.2 Å². The van der Waals surface area contributed by atoms with Gasteiger partial charge in [0.2, 0.25) is 0 Å². The van der Waals surface area contributed by atoms with Crippen LogP contribution < -0.4 is 5.73 Å². The molecular weight excluding hydrogens is 228 g/mol. The van der Waals surface area contributed by atoms with Gasteiger partial charge in [-0.1, -0.05) is 5.16 Å². The monoisotopic (exact) mass is 236 g/mol. The minimum Gasteiger partial charge on any atom is -0.409 e. The standard InChI is InChI=1S/C8H8N6OS/c9-7(14-15)5-1-2-10-3-6(5)16-8-11-4-12-13-8/h1-4,15H,(H2,9,14)(H,11,12,13). The molecule has 0 aliphatic rings. The number of nitrogens with zero attached hydrogens (tertiary/aromatic N) is 4. The molecule has 2 heterocycles. The van der Waals surface area contributed by atoms with E-state index in [1.54, 1.807) is 18.5 Å². The molecule has 16 heavy (non-hydrogen) atoms. The zero-order valence-electron chi connectivity index (χ0n) is 8.03. The van der Waals surface area contributed by atoms with Gasteiger partial charge in [-0.15, -0.1) is 0 Å². The summed E-state index contributed by atoms with van der Waals surface area (Å²) in [7, 11) is 0. The van der Waals surface area contributed by atoms with Crippen molar-refractivity contribution >= 4 is 17.6 Å². The van der Waals surface area contributed by atoms with Gasteiger partial charge in [-0.3, -0.25) is 10.1 Å². The summed E-state index contributed by atoms with van der Waals surface area (Å²) in [4.78, 5) is 8.66. The quantitative estimate of drug-likeness (QED) is 0.308. The highest BCUT2D eigenvalue weighted by Crippen LogP contribution is 2.26. The van der Waals surface area contributed by atoms with Crippen molar-refractivity contribution in [3.8, 4) is 0 Å². The normalized spacial score (nSPS) is 11.6. The number of rotatable bonds is 3. The van der Waals surface area contributed by atoms with Crippen molar-refractivity contribution in [2.75, 3.05) is 0 Å². The zero-order valence-corrected chi connectivity index (χ0v) is 8.85. The Kier molecular flexibility index (Phi) is 3.01. The Labute approximate surface area is 94.8 Å². The summed E-state index contributed by atoms with van der Waals surface area (Å²) in [6.07, 6.45) is 4.58. The minimum atomic E-state index is 0.0319. The number of oxime groups is 1. The highest BCUT2D eigenvalue weighted by Gasteiger charge is 2.09. The first-order chi connectivity index (χ1) is 7.81. The van der Waals surface area contributed by atoms with Gasteiger partial charge in [-0.25, -0.2) is 4.98 Å². The van der Waals surface area contributed by atoms with Crippen LogP contribution in [0.3, 0.4) is 0 Å². The van der Waals surface area contributed by atoms with E-state index < -0.39 is 0 Å². The van der Waals surface area contributed by atoms with Gasteiger partial charge in [-0.05, 0) is 17.8 Å². The molecular formula is C8H8N6OS. The average molecular weight is 236 g/mol. The summed E-state index contributed by atoms with van der Waals surface area (Å²) in [5, 5.41) is 18.6. The summed E-state index contributed by atoms with van der Waals surface area (Å²) in [6, 6.07) is 1.66. The molecule has 0 aliphatic carbocycles. The Hall–Kier alpha value is -2.09. The molecule has 0 bridgehead atoms. The van der Waals surface area contributed by atoms with Crippen molar-refractivity contribution in [3.63, 3.8) is 0 Å². The number of nitrogens with two attached hydrogens (primary N) is 1. The van der Waals surface area contributed by atoms with E-state index in [9.17, 15) is 0 Å². The van der Waals surface area contributed by atoms with Gasteiger partial charge in [0.05, 0.1) is 0 Å². The fourth-order valence-electron chi connectivity index (χ4n) is 1.07. The van der Waals surface area contributed by atoms with Gasteiger partial charge in [0.25, 0.3) is 0 Å². The second kappa shape index (κ2) is 4.62. The van der Waals surface area contributed by atoms with Crippen LogP contribution in [0.1, 0.15) is 5.56 Å². The molecule has 82 valence electrons. The van der Waals surface area contributed by atoms with E-state index in [-0.39, 0.29) is 5.84 Å². The van der Waals surface area contributed by atoms with E-state index in [2.05, 4.69) is 25.3 Å². The van der Waals surface area contributed by atoms with Crippen LogP contribution in [0.4, 0.5) is 0 Å². The van der Waals surface area contributed by atoms with E-state index in [1.165, 1.54) is 18.1 Å². The van der Waals surface area contributed by atoms with Crippen LogP contribution in [0.25, 0.3) is 0 Å².